The number of rotatable bonds is 3. The van der Waals surface area contributed by atoms with E-state index in [9.17, 15) is 9.59 Å². The molecule has 0 unspecified atom stereocenters. The van der Waals surface area contributed by atoms with Gasteiger partial charge >= 0.3 is 97.7 Å². The fraction of sp³-hybridized carbons (Fsp3) is 0.200. The van der Waals surface area contributed by atoms with Crippen molar-refractivity contribution in [2.45, 2.75) is 10.2 Å². The van der Waals surface area contributed by atoms with Crippen molar-refractivity contribution >= 4 is 11.6 Å². The van der Waals surface area contributed by atoms with Crippen molar-refractivity contribution in [1.82, 2.24) is 0 Å². The first kappa shape index (κ1) is 10.7. The van der Waals surface area contributed by atoms with Crippen LogP contribution in [-0.4, -0.2) is 11.6 Å². The summed E-state index contributed by atoms with van der Waals surface area (Å²) in [7, 11) is 0. The number of Topliss-reactive ketones (excluding diaryl/α,β-unsaturated/α-hetero) is 2. The first-order chi connectivity index (χ1) is 6.15. The molecule has 0 amide bonds. The molecule has 0 aliphatic carbocycles. The molecule has 0 N–H and O–H groups in total. The molecule has 0 bridgehead atoms. The maximum atomic E-state index is 11.2. The van der Waals surface area contributed by atoms with Gasteiger partial charge in [0.25, 0.3) is 0 Å². The molecule has 0 atom stereocenters. The summed E-state index contributed by atoms with van der Waals surface area (Å²) in [5.74, 6) is 0.196. The van der Waals surface area contributed by atoms with Crippen LogP contribution in [0.2, 0.25) is 3.23 Å². The summed E-state index contributed by atoms with van der Waals surface area (Å²) in [6.45, 7) is 1.52. The molecule has 1 aromatic rings. The molecule has 1 rings (SSSR count). The van der Waals surface area contributed by atoms with E-state index in [1.54, 1.807) is 24.3 Å². The van der Waals surface area contributed by atoms with Crippen molar-refractivity contribution in [2.75, 3.05) is 0 Å². The number of benzene rings is 1. The summed E-state index contributed by atoms with van der Waals surface area (Å²) < 4.78 is 0.629. The van der Waals surface area contributed by atoms with Gasteiger partial charge in [-0.3, -0.25) is 0 Å². The van der Waals surface area contributed by atoms with Crippen molar-refractivity contribution < 1.29 is 40.5 Å². The second kappa shape index (κ2) is 4.78. The Morgan fingerprint density at radius 2 is 1.62 bits per heavy atom. The van der Waals surface area contributed by atoms with Crippen LogP contribution in [0.5, 0.6) is 0 Å². The Bertz CT molecular complexity index is 327. The topological polar surface area (TPSA) is 34.1 Å². The zero-order chi connectivity index (χ0) is 9.84. The number of ketones is 2. The molecule has 3 heteroatoms. The van der Waals surface area contributed by atoms with E-state index in [4.69, 9.17) is 0 Å². The van der Waals surface area contributed by atoms with E-state index >= 15 is 0 Å². The molecule has 2 nitrogen and oxygen atoms in total. The monoisotopic (exact) mass is 250 g/mol. The van der Waals surface area contributed by atoms with E-state index in [0.29, 0.717) is 14.4 Å². The van der Waals surface area contributed by atoms with Crippen LogP contribution < -0.4 is 0 Å². The minimum atomic E-state index is 0.0317. The average Bonchev–Trinajstić information content (AvgIpc) is 2.17. The van der Waals surface area contributed by atoms with Crippen molar-refractivity contribution in [2.24, 2.45) is 0 Å². The normalized spacial score (nSPS) is 9.54. The first-order valence-electron chi connectivity index (χ1n) is 3.99. The van der Waals surface area contributed by atoms with Gasteiger partial charge in [-0.15, -0.1) is 0 Å². The van der Waals surface area contributed by atoms with Crippen molar-refractivity contribution in [3.8, 4) is 0 Å². The van der Waals surface area contributed by atoms with Gasteiger partial charge in [0.1, 0.15) is 0 Å². The molecule has 0 aromatic heterocycles. The number of carbonyl (C=O) groups is 2. The van der Waals surface area contributed by atoms with Gasteiger partial charge in [0.05, 0.1) is 0 Å². The first-order valence-corrected chi connectivity index (χ1v) is 6.00. The standard InChI is InChI=1S/C10H9O2.Y/c1-7(11)9-3-5-10(6-4-9)8(2)12;/h3-6H,1H2,2H3;. The zero-order valence-corrected chi connectivity index (χ0v) is 10.2. The number of hydrogen-bond donors (Lipinski definition) is 0. The molecule has 0 heterocycles. The van der Waals surface area contributed by atoms with Crippen LogP contribution in [0.25, 0.3) is 0 Å². The summed E-state index contributed by atoms with van der Waals surface area (Å²) in [5, 5.41) is 0. The average molecular weight is 250 g/mol. The Kier molecular flexibility index (Phi) is 3.95. The SMILES string of the molecule is CC(=O)c1ccc(C(=O)[CH2][Y])cc1. The summed E-state index contributed by atoms with van der Waals surface area (Å²) >= 11 is 0.946. The molecule has 0 aliphatic rings. The molecule has 0 radical (unpaired) electrons. The quantitative estimate of drug-likeness (QED) is 0.769. The van der Waals surface area contributed by atoms with Crippen LogP contribution in [0.1, 0.15) is 27.6 Å². The Balaban J connectivity index is 2.93. The third-order valence-corrected chi connectivity index (χ3v) is 2.71. The molecular formula is C10H9O2Y. The number of hydrogen-bond acceptors (Lipinski definition) is 2. The molecule has 0 fully saturated rings. The van der Waals surface area contributed by atoms with E-state index in [1.807, 2.05) is 0 Å². The van der Waals surface area contributed by atoms with Crippen LogP contribution >= 0.6 is 0 Å². The Labute approximate surface area is 97.2 Å². The zero-order valence-electron chi connectivity index (χ0n) is 7.41. The minimum absolute atomic E-state index is 0.0317. The summed E-state index contributed by atoms with van der Waals surface area (Å²) in [5.41, 5.74) is 1.36. The maximum absolute atomic E-state index is 11.2. The Morgan fingerprint density at radius 3 is 2.00 bits per heavy atom. The predicted molar refractivity (Wildman–Crippen MR) is 45.6 cm³/mol. The van der Waals surface area contributed by atoms with Gasteiger partial charge in [-0.25, -0.2) is 0 Å². The predicted octanol–water partition coefficient (Wildman–Crippen LogP) is 2.04. The summed E-state index contributed by atoms with van der Waals surface area (Å²) in [4.78, 5) is 22.2. The van der Waals surface area contributed by atoms with E-state index in [0.717, 1.165) is 31.0 Å². The number of carbonyl (C=O) groups excluding carboxylic acids is 2. The fourth-order valence-corrected chi connectivity index (χ4v) is 1.59. The van der Waals surface area contributed by atoms with Gasteiger partial charge in [-0.05, 0) is 0 Å². The summed E-state index contributed by atoms with van der Waals surface area (Å²) in [6, 6.07) is 6.84. The molecule has 13 heavy (non-hydrogen) atoms. The van der Waals surface area contributed by atoms with Gasteiger partial charge < -0.3 is 0 Å². The van der Waals surface area contributed by atoms with E-state index in [2.05, 4.69) is 0 Å². The van der Waals surface area contributed by atoms with Gasteiger partial charge in [-0.2, -0.15) is 0 Å². The van der Waals surface area contributed by atoms with E-state index < -0.39 is 0 Å². The van der Waals surface area contributed by atoms with Gasteiger partial charge in [-0.1, -0.05) is 0 Å². The van der Waals surface area contributed by atoms with E-state index in [1.165, 1.54) is 6.92 Å². The second-order valence-electron chi connectivity index (χ2n) is 2.76. The molecule has 0 aliphatic heterocycles. The van der Waals surface area contributed by atoms with Gasteiger partial charge in [0.2, 0.25) is 0 Å². The van der Waals surface area contributed by atoms with Crippen LogP contribution in [0, 0.1) is 0 Å². The van der Waals surface area contributed by atoms with Crippen LogP contribution in [0.3, 0.4) is 0 Å². The molecule has 0 saturated carbocycles. The summed E-state index contributed by atoms with van der Waals surface area (Å²) in [6.07, 6.45) is 0. The molecule has 0 spiro atoms. The molecule has 0 saturated heterocycles. The molecular weight excluding hydrogens is 241 g/mol. The Morgan fingerprint density at radius 1 is 1.15 bits per heavy atom. The third-order valence-electron chi connectivity index (χ3n) is 1.80. The Hall–Kier alpha value is -0.336. The molecule has 1 aromatic carbocycles. The second-order valence-corrected chi connectivity index (χ2v) is 3.76. The van der Waals surface area contributed by atoms with Crippen LogP contribution in [0.15, 0.2) is 24.3 Å². The van der Waals surface area contributed by atoms with Crippen molar-refractivity contribution in [3.63, 3.8) is 0 Å². The van der Waals surface area contributed by atoms with Crippen LogP contribution in [0.4, 0.5) is 0 Å². The van der Waals surface area contributed by atoms with Crippen molar-refractivity contribution in [3.05, 3.63) is 35.4 Å². The van der Waals surface area contributed by atoms with Crippen LogP contribution in [-0.2, 0) is 31.0 Å². The van der Waals surface area contributed by atoms with Gasteiger partial charge in [0, 0.05) is 0 Å². The van der Waals surface area contributed by atoms with E-state index in [-0.39, 0.29) is 11.6 Å². The molecule has 64 valence electrons. The van der Waals surface area contributed by atoms with Crippen molar-refractivity contribution in [1.29, 1.82) is 0 Å². The fourth-order valence-electron chi connectivity index (χ4n) is 1.01. The van der Waals surface area contributed by atoms with Gasteiger partial charge in [0.15, 0.2) is 0 Å². The third kappa shape index (κ3) is 2.82.